The molecule has 2 aromatic rings. The van der Waals surface area contributed by atoms with E-state index in [1.807, 2.05) is 6.92 Å². The number of aryl methyl sites for hydroxylation is 1. The molecule has 0 aliphatic carbocycles. The van der Waals surface area contributed by atoms with E-state index in [0.717, 1.165) is 0 Å². The highest BCUT2D eigenvalue weighted by Crippen LogP contribution is 2.24. The smallest absolute Gasteiger partial charge is 0.305 e. The molecule has 1 unspecified atom stereocenters. The van der Waals surface area contributed by atoms with Gasteiger partial charge in [-0.05, 0) is 11.4 Å². The van der Waals surface area contributed by atoms with E-state index in [4.69, 9.17) is 5.11 Å². The number of aliphatic carboxylic acids is 1. The Kier molecular flexibility index (Phi) is 4.76. The molecular formula is C12H15N3O4S2. The molecule has 0 radical (unpaired) electrons. The van der Waals surface area contributed by atoms with Crippen molar-refractivity contribution in [3.05, 3.63) is 34.4 Å². The van der Waals surface area contributed by atoms with Gasteiger partial charge >= 0.3 is 5.97 Å². The van der Waals surface area contributed by atoms with Gasteiger partial charge in [-0.3, -0.25) is 4.79 Å². The van der Waals surface area contributed by atoms with E-state index in [2.05, 4.69) is 14.7 Å². The third-order valence-corrected chi connectivity index (χ3v) is 5.16. The van der Waals surface area contributed by atoms with Crippen LogP contribution >= 0.6 is 11.3 Å². The number of sulfonamides is 1. The number of carboxylic acids is 1. The maximum Gasteiger partial charge on any atom is 0.305 e. The topological polar surface area (TPSA) is 112 Å². The van der Waals surface area contributed by atoms with E-state index in [9.17, 15) is 13.2 Å². The zero-order valence-corrected chi connectivity index (χ0v) is 12.9. The van der Waals surface area contributed by atoms with Crippen LogP contribution in [0.25, 0.3) is 0 Å². The second kappa shape index (κ2) is 6.37. The number of carbonyl (C=O) groups is 1. The number of aromatic nitrogens is 2. The number of nitrogens with one attached hydrogen (secondary N) is 2. The quantitative estimate of drug-likeness (QED) is 0.713. The van der Waals surface area contributed by atoms with Crippen LogP contribution < -0.4 is 4.72 Å². The van der Waals surface area contributed by atoms with Crippen molar-refractivity contribution in [1.29, 1.82) is 0 Å². The minimum Gasteiger partial charge on any atom is -0.481 e. The molecule has 0 aliphatic heterocycles. The van der Waals surface area contributed by atoms with Crippen LogP contribution in [0.1, 0.15) is 30.1 Å². The van der Waals surface area contributed by atoms with Crippen LogP contribution in [0, 0.1) is 0 Å². The summed E-state index contributed by atoms with van der Waals surface area (Å²) in [5, 5.41) is 10.6. The average Bonchev–Trinajstić information content (AvgIpc) is 3.09. The van der Waals surface area contributed by atoms with Gasteiger partial charge in [0.25, 0.3) is 10.0 Å². The van der Waals surface area contributed by atoms with Gasteiger partial charge in [-0.2, -0.15) is 0 Å². The van der Waals surface area contributed by atoms with Crippen LogP contribution in [0.3, 0.4) is 0 Å². The Morgan fingerprint density at radius 3 is 2.86 bits per heavy atom. The number of nitrogens with zero attached hydrogens (tertiary/aromatic N) is 1. The van der Waals surface area contributed by atoms with Gasteiger partial charge in [0.05, 0.1) is 18.7 Å². The minimum absolute atomic E-state index is 0.0636. The molecule has 2 rings (SSSR count). The number of thiophene rings is 1. The fourth-order valence-electron chi connectivity index (χ4n) is 1.77. The molecule has 0 saturated carbocycles. The lowest BCUT2D eigenvalue weighted by Gasteiger charge is -2.14. The lowest BCUT2D eigenvalue weighted by atomic mass is 10.2. The molecule has 21 heavy (non-hydrogen) atoms. The first-order valence-electron chi connectivity index (χ1n) is 6.23. The fraction of sp³-hybridized carbons (Fsp3) is 0.333. The molecule has 0 fully saturated rings. The molecular weight excluding hydrogens is 314 g/mol. The SMILES string of the molecule is CCc1ncc(S(=O)(=O)NC(CC(=O)O)c2cccs2)[nH]1. The number of hydrogen-bond acceptors (Lipinski definition) is 5. The van der Waals surface area contributed by atoms with Crippen molar-refractivity contribution in [2.75, 3.05) is 0 Å². The van der Waals surface area contributed by atoms with Gasteiger partial charge in [0.2, 0.25) is 0 Å². The van der Waals surface area contributed by atoms with Crippen molar-refractivity contribution < 1.29 is 18.3 Å². The Labute approximate surface area is 126 Å². The summed E-state index contributed by atoms with van der Waals surface area (Å²) in [6.07, 6.45) is 1.49. The molecule has 2 heterocycles. The molecule has 0 aliphatic rings. The molecule has 3 N–H and O–H groups in total. The predicted molar refractivity (Wildman–Crippen MR) is 77.6 cm³/mol. The van der Waals surface area contributed by atoms with Crippen LogP contribution in [0.2, 0.25) is 0 Å². The maximum atomic E-state index is 12.3. The highest BCUT2D eigenvalue weighted by atomic mass is 32.2. The number of H-pyrrole nitrogens is 1. The fourth-order valence-corrected chi connectivity index (χ4v) is 3.78. The summed E-state index contributed by atoms with van der Waals surface area (Å²) < 4.78 is 27.0. The standard InChI is InChI=1S/C12H15N3O4S2/c1-2-10-13-7-11(14-10)21(18,19)15-8(6-12(16)17)9-4-3-5-20-9/h3-5,7-8,15H,2,6H2,1H3,(H,13,14)(H,16,17). The van der Waals surface area contributed by atoms with Gasteiger partial charge in [0.1, 0.15) is 5.82 Å². The predicted octanol–water partition coefficient (Wildman–Crippen LogP) is 1.53. The number of rotatable bonds is 7. The van der Waals surface area contributed by atoms with Gasteiger partial charge in [-0.25, -0.2) is 18.1 Å². The molecule has 0 spiro atoms. The highest BCUT2D eigenvalue weighted by molar-refractivity contribution is 7.89. The molecule has 0 amide bonds. The molecule has 9 heteroatoms. The number of carboxylic acid groups (broad SMARTS) is 1. The minimum atomic E-state index is -3.85. The van der Waals surface area contributed by atoms with Crippen molar-refractivity contribution in [3.63, 3.8) is 0 Å². The first-order chi connectivity index (χ1) is 9.92. The second-order valence-corrected chi connectivity index (χ2v) is 7.00. The summed E-state index contributed by atoms with van der Waals surface area (Å²) in [5.74, 6) is -0.517. The Morgan fingerprint density at radius 2 is 2.33 bits per heavy atom. The Hall–Kier alpha value is -1.71. The van der Waals surface area contributed by atoms with Crippen LogP contribution in [-0.2, 0) is 21.2 Å². The van der Waals surface area contributed by atoms with Crippen LogP contribution in [0.15, 0.2) is 28.7 Å². The summed E-state index contributed by atoms with van der Waals surface area (Å²) >= 11 is 1.30. The van der Waals surface area contributed by atoms with Crippen molar-refractivity contribution in [3.8, 4) is 0 Å². The van der Waals surface area contributed by atoms with E-state index >= 15 is 0 Å². The summed E-state index contributed by atoms with van der Waals surface area (Å²) in [6, 6.07) is 2.64. The monoisotopic (exact) mass is 329 g/mol. The van der Waals surface area contributed by atoms with Crippen molar-refractivity contribution in [2.45, 2.75) is 30.8 Å². The van der Waals surface area contributed by atoms with Crippen molar-refractivity contribution in [1.82, 2.24) is 14.7 Å². The number of imidazole rings is 1. The zero-order chi connectivity index (χ0) is 15.5. The molecule has 0 saturated heterocycles. The Balaban J connectivity index is 2.24. The molecule has 0 aromatic carbocycles. The first-order valence-corrected chi connectivity index (χ1v) is 8.60. The van der Waals surface area contributed by atoms with Gasteiger partial charge in [-0.15, -0.1) is 11.3 Å². The Morgan fingerprint density at radius 1 is 1.57 bits per heavy atom. The number of hydrogen-bond donors (Lipinski definition) is 3. The van der Waals surface area contributed by atoms with Gasteiger partial charge in [-0.1, -0.05) is 13.0 Å². The largest absolute Gasteiger partial charge is 0.481 e. The Bertz CT molecular complexity index is 707. The van der Waals surface area contributed by atoms with Crippen molar-refractivity contribution in [2.24, 2.45) is 0 Å². The van der Waals surface area contributed by atoms with Crippen LogP contribution in [0.4, 0.5) is 0 Å². The third-order valence-electron chi connectivity index (χ3n) is 2.79. The van der Waals surface area contributed by atoms with E-state index in [-0.39, 0.29) is 11.4 Å². The van der Waals surface area contributed by atoms with E-state index in [1.54, 1.807) is 17.5 Å². The summed E-state index contributed by atoms with van der Waals surface area (Å²) in [7, 11) is -3.85. The summed E-state index contributed by atoms with van der Waals surface area (Å²) in [5.41, 5.74) is 0. The first kappa shape index (κ1) is 15.7. The molecule has 0 bridgehead atoms. The van der Waals surface area contributed by atoms with Crippen LogP contribution in [0.5, 0.6) is 0 Å². The van der Waals surface area contributed by atoms with E-state index in [0.29, 0.717) is 17.1 Å². The third kappa shape index (κ3) is 3.90. The summed E-state index contributed by atoms with van der Waals surface area (Å²) in [4.78, 5) is 18.2. The highest BCUT2D eigenvalue weighted by Gasteiger charge is 2.25. The average molecular weight is 329 g/mol. The lowest BCUT2D eigenvalue weighted by molar-refractivity contribution is -0.137. The molecule has 2 aromatic heterocycles. The van der Waals surface area contributed by atoms with Crippen LogP contribution in [-0.4, -0.2) is 29.5 Å². The molecule has 7 nitrogen and oxygen atoms in total. The number of aromatic amines is 1. The lowest BCUT2D eigenvalue weighted by Crippen LogP contribution is -2.30. The zero-order valence-electron chi connectivity index (χ0n) is 11.2. The maximum absolute atomic E-state index is 12.3. The van der Waals surface area contributed by atoms with Crippen molar-refractivity contribution >= 4 is 27.3 Å². The van der Waals surface area contributed by atoms with E-state index in [1.165, 1.54) is 17.5 Å². The van der Waals surface area contributed by atoms with Gasteiger partial charge < -0.3 is 10.1 Å². The second-order valence-electron chi connectivity index (χ2n) is 4.33. The molecule has 1 atom stereocenters. The normalized spacial score (nSPS) is 13.2. The summed E-state index contributed by atoms with van der Waals surface area (Å²) in [6.45, 7) is 1.85. The molecule has 114 valence electrons. The van der Waals surface area contributed by atoms with Gasteiger partial charge in [0, 0.05) is 11.3 Å². The van der Waals surface area contributed by atoms with E-state index < -0.39 is 22.0 Å². The van der Waals surface area contributed by atoms with Gasteiger partial charge in [0.15, 0.2) is 5.03 Å².